The Bertz CT molecular complexity index is 611. The van der Waals surface area contributed by atoms with E-state index in [2.05, 4.69) is 10.3 Å². The lowest BCUT2D eigenvalue weighted by atomic mass is 10.1. The quantitative estimate of drug-likeness (QED) is 0.886. The van der Waals surface area contributed by atoms with Crippen LogP contribution in [0.25, 0.3) is 0 Å². The molecule has 1 amide bonds. The lowest BCUT2D eigenvalue weighted by molar-refractivity contribution is 0.102. The van der Waals surface area contributed by atoms with Gasteiger partial charge in [-0.3, -0.25) is 4.79 Å². The summed E-state index contributed by atoms with van der Waals surface area (Å²) >= 11 is 0. The van der Waals surface area contributed by atoms with Crippen LogP contribution in [-0.4, -0.2) is 23.1 Å². The number of aryl methyl sites for hydroxylation is 1. The number of carbonyl (C=O) groups is 1. The van der Waals surface area contributed by atoms with Gasteiger partial charge in [-0.2, -0.15) is 0 Å². The van der Waals surface area contributed by atoms with E-state index < -0.39 is 5.91 Å². The van der Waals surface area contributed by atoms with E-state index in [1.54, 1.807) is 18.3 Å². The Hall–Kier alpha value is -2.56. The molecule has 0 aliphatic carbocycles. The number of amides is 1. The van der Waals surface area contributed by atoms with Crippen molar-refractivity contribution in [1.82, 2.24) is 4.98 Å². The number of phenols is 1. The van der Waals surface area contributed by atoms with E-state index in [0.717, 1.165) is 5.56 Å². The number of anilines is 1. The Labute approximate surface area is 110 Å². The summed E-state index contributed by atoms with van der Waals surface area (Å²) in [6.45, 7) is 1.90. The number of aromatic hydroxyl groups is 1. The maximum atomic E-state index is 12.0. The van der Waals surface area contributed by atoms with E-state index in [9.17, 15) is 9.90 Å². The van der Waals surface area contributed by atoms with Crippen molar-refractivity contribution in [2.45, 2.75) is 6.92 Å². The number of aromatic nitrogens is 1. The zero-order valence-electron chi connectivity index (χ0n) is 10.7. The minimum absolute atomic E-state index is 0.135. The number of nitrogens with one attached hydrogen (secondary N) is 1. The number of phenolic OH excluding ortho intramolecular Hbond substituents is 1. The van der Waals surface area contributed by atoms with Crippen molar-refractivity contribution in [3.8, 4) is 11.5 Å². The van der Waals surface area contributed by atoms with Crippen LogP contribution in [0.15, 0.2) is 36.5 Å². The molecule has 0 bridgehead atoms. The number of nitrogens with zero attached hydrogens (tertiary/aromatic N) is 1. The van der Waals surface area contributed by atoms with Gasteiger partial charge in [-0.1, -0.05) is 0 Å². The normalized spacial score (nSPS) is 10.0. The van der Waals surface area contributed by atoms with Crippen molar-refractivity contribution < 1.29 is 14.6 Å². The third-order valence-corrected chi connectivity index (χ3v) is 2.61. The molecular formula is C14H14N2O3. The number of hydrogen-bond donors (Lipinski definition) is 2. The minimum atomic E-state index is -0.418. The maximum absolute atomic E-state index is 12.0. The highest BCUT2D eigenvalue weighted by molar-refractivity contribution is 6.05. The van der Waals surface area contributed by atoms with Crippen LogP contribution >= 0.6 is 0 Å². The van der Waals surface area contributed by atoms with E-state index in [1.807, 2.05) is 13.0 Å². The fourth-order valence-electron chi connectivity index (χ4n) is 1.62. The molecule has 2 N–H and O–H groups in total. The first-order valence-electron chi connectivity index (χ1n) is 5.71. The molecule has 5 heteroatoms. The topological polar surface area (TPSA) is 71.5 Å². The van der Waals surface area contributed by atoms with E-state index in [4.69, 9.17) is 4.74 Å². The van der Waals surface area contributed by atoms with Crippen molar-refractivity contribution in [1.29, 1.82) is 0 Å². The fourth-order valence-corrected chi connectivity index (χ4v) is 1.62. The molecule has 1 aromatic heterocycles. The molecule has 0 aliphatic heterocycles. The van der Waals surface area contributed by atoms with E-state index in [0.29, 0.717) is 11.6 Å². The molecule has 0 unspecified atom stereocenters. The minimum Gasteiger partial charge on any atom is -0.507 e. The molecular weight excluding hydrogens is 244 g/mol. The van der Waals surface area contributed by atoms with Crippen LogP contribution in [0, 0.1) is 6.92 Å². The summed E-state index contributed by atoms with van der Waals surface area (Å²) in [5.74, 6) is 0.380. The van der Waals surface area contributed by atoms with Crippen molar-refractivity contribution >= 4 is 11.7 Å². The second-order valence-corrected chi connectivity index (χ2v) is 4.06. The summed E-state index contributed by atoms with van der Waals surface area (Å²) in [6, 6.07) is 8.08. The second-order valence-electron chi connectivity index (χ2n) is 4.06. The molecule has 98 valence electrons. The second kappa shape index (κ2) is 5.39. The smallest absolute Gasteiger partial charge is 0.260 e. The molecule has 2 aromatic rings. The van der Waals surface area contributed by atoms with Gasteiger partial charge in [0.1, 0.15) is 17.3 Å². The molecule has 0 spiro atoms. The van der Waals surface area contributed by atoms with Gasteiger partial charge in [0.25, 0.3) is 5.91 Å². The van der Waals surface area contributed by atoms with Crippen LogP contribution in [0.5, 0.6) is 11.5 Å². The van der Waals surface area contributed by atoms with Gasteiger partial charge < -0.3 is 15.2 Å². The summed E-state index contributed by atoms with van der Waals surface area (Å²) < 4.78 is 4.96. The Balaban J connectivity index is 2.20. The first kappa shape index (κ1) is 12.9. The van der Waals surface area contributed by atoms with Crippen molar-refractivity contribution in [2.24, 2.45) is 0 Å². The molecule has 19 heavy (non-hydrogen) atoms. The molecule has 0 saturated carbocycles. The van der Waals surface area contributed by atoms with Gasteiger partial charge in [-0.05, 0) is 36.8 Å². The number of methoxy groups -OCH3 is 1. The predicted octanol–water partition coefficient (Wildman–Crippen LogP) is 2.36. The highest BCUT2D eigenvalue weighted by atomic mass is 16.5. The van der Waals surface area contributed by atoms with Crippen LogP contribution < -0.4 is 10.1 Å². The number of rotatable bonds is 3. The van der Waals surface area contributed by atoms with E-state index in [-0.39, 0.29) is 11.3 Å². The summed E-state index contributed by atoms with van der Waals surface area (Å²) in [6.07, 6.45) is 1.61. The van der Waals surface area contributed by atoms with Gasteiger partial charge in [-0.15, -0.1) is 0 Å². The fraction of sp³-hybridized carbons (Fsp3) is 0.143. The highest BCUT2D eigenvalue weighted by Gasteiger charge is 2.12. The third-order valence-electron chi connectivity index (χ3n) is 2.61. The maximum Gasteiger partial charge on any atom is 0.260 e. The Morgan fingerprint density at radius 3 is 2.74 bits per heavy atom. The lowest BCUT2D eigenvalue weighted by Crippen LogP contribution is -2.13. The number of pyridine rings is 1. The summed E-state index contributed by atoms with van der Waals surface area (Å²) in [4.78, 5) is 16.0. The summed E-state index contributed by atoms with van der Waals surface area (Å²) in [7, 11) is 1.49. The monoisotopic (exact) mass is 258 g/mol. The molecule has 0 atom stereocenters. The zero-order chi connectivity index (χ0) is 13.8. The SMILES string of the molecule is COc1ccc(C(=O)Nc2cc(C)ccn2)c(O)c1. The average Bonchev–Trinajstić information content (AvgIpc) is 2.38. The van der Waals surface area contributed by atoms with Crippen LogP contribution in [0.3, 0.4) is 0 Å². The Morgan fingerprint density at radius 2 is 2.11 bits per heavy atom. The van der Waals surface area contributed by atoms with Crippen LogP contribution in [0.2, 0.25) is 0 Å². The lowest BCUT2D eigenvalue weighted by Gasteiger charge is -2.08. The largest absolute Gasteiger partial charge is 0.507 e. The van der Waals surface area contributed by atoms with E-state index in [1.165, 1.54) is 19.2 Å². The van der Waals surface area contributed by atoms with Gasteiger partial charge in [0.2, 0.25) is 0 Å². The van der Waals surface area contributed by atoms with Crippen LogP contribution in [0.1, 0.15) is 15.9 Å². The van der Waals surface area contributed by atoms with Gasteiger partial charge in [0, 0.05) is 12.3 Å². The molecule has 0 fully saturated rings. The molecule has 1 heterocycles. The molecule has 0 saturated heterocycles. The van der Waals surface area contributed by atoms with Gasteiger partial charge in [0.15, 0.2) is 0 Å². The highest BCUT2D eigenvalue weighted by Crippen LogP contribution is 2.24. The van der Waals surface area contributed by atoms with Gasteiger partial charge in [-0.25, -0.2) is 4.98 Å². The molecule has 2 rings (SSSR count). The zero-order valence-corrected chi connectivity index (χ0v) is 10.7. The van der Waals surface area contributed by atoms with Crippen LogP contribution in [-0.2, 0) is 0 Å². The first-order chi connectivity index (χ1) is 9.10. The Morgan fingerprint density at radius 1 is 1.32 bits per heavy atom. The molecule has 5 nitrogen and oxygen atoms in total. The third kappa shape index (κ3) is 3.01. The standard InChI is InChI=1S/C14H14N2O3/c1-9-5-6-15-13(7-9)16-14(18)11-4-3-10(19-2)8-12(11)17/h3-8,17H,1-2H3,(H,15,16,18). The van der Waals surface area contributed by atoms with E-state index >= 15 is 0 Å². The average molecular weight is 258 g/mol. The van der Waals surface area contributed by atoms with Gasteiger partial charge >= 0.3 is 0 Å². The predicted molar refractivity (Wildman–Crippen MR) is 71.6 cm³/mol. The van der Waals surface area contributed by atoms with Crippen LogP contribution in [0.4, 0.5) is 5.82 Å². The Kier molecular flexibility index (Phi) is 3.66. The van der Waals surface area contributed by atoms with Gasteiger partial charge in [0.05, 0.1) is 12.7 Å². The number of hydrogen-bond acceptors (Lipinski definition) is 4. The summed E-state index contributed by atoms with van der Waals surface area (Å²) in [5.41, 5.74) is 1.16. The summed E-state index contributed by atoms with van der Waals surface area (Å²) in [5, 5.41) is 12.4. The number of benzene rings is 1. The van der Waals surface area contributed by atoms with Crippen molar-refractivity contribution in [3.63, 3.8) is 0 Å². The molecule has 0 aliphatic rings. The van der Waals surface area contributed by atoms with Crippen molar-refractivity contribution in [2.75, 3.05) is 12.4 Å². The van der Waals surface area contributed by atoms with Crippen molar-refractivity contribution in [3.05, 3.63) is 47.7 Å². The number of ether oxygens (including phenoxy) is 1. The molecule has 1 aromatic carbocycles. The number of carbonyl (C=O) groups excluding carboxylic acids is 1. The first-order valence-corrected chi connectivity index (χ1v) is 5.71. The molecule has 0 radical (unpaired) electrons.